The molecule has 0 aromatic carbocycles. The highest BCUT2D eigenvalue weighted by Gasteiger charge is 2.32. The molecule has 1 heterocycles. The molecule has 0 amide bonds. The summed E-state index contributed by atoms with van der Waals surface area (Å²) in [6, 6.07) is 0.908. The lowest BCUT2D eigenvalue weighted by molar-refractivity contribution is 0.0702. The molecule has 1 saturated carbocycles. The van der Waals surface area contributed by atoms with Crippen LogP contribution in [0.4, 0.5) is 0 Å². The van der Waals surface area contributed by atoms with E-state index in [2.05, 4.69) is 4.72 Å². The van der Waals surface area contributed by atoms with Crippen LogP contribution in [0.25, 0.3) is 0 Å². The summed E-state index contributed by atoms with van der Waals surface area (Å²) in [5.41, 5.74) is 0. The number of carboxylic acids is 1. The zero-order valence-corrected chi connectivity index (χ0v) is 12.6. The van der Waals surface area contributed by atoms with Crippen molar-refractivity contribution in [2.75, 3.05) is 6.61 Å². The van der Waals surface area contributed by atoms with E-state index in [1.807, 2.05) is 0 Å². The van der Waals surface area contributed by atoms with Crippen LogP contribution in [-0.2, 0) is 10.0 Å². The van der Waals surface area contributed by atoms with Crippen LogP contribution >= 0.6 is 11.3 Å². The quantitative estimate of drug-likeness (QED) is 0.756. The standard InChI is InChI=1S/C12H17NO5S2/c1-7-11(5-10(19-7)12(15)16)20(17,18)13-9-4-2-3-8(9)6-14/h5,8-9,13-14H,2-4,6H2,1H3,(H,15,16). The number of thiophene rings is 1. The number of aryl methyl sites for hydroxylation is 1. The second kappa shape index (κ2) is 5.80. The van der Waals surface area contributed by atoms with E-state index >= 15 is 0 Å². The van der Waals surface area contributed by atoms with Crippen LogP contribution in [0.2, 0.25) is 0 Å². The second-order valence-electron chi connectivity index (χ2n) is 4.94. The molecule has 0 spiro atoms. The summed E-state index contributed by atoms with van der Waals surface area (Å²) in [5.74, 6) is -1.20. The first kappa shape index (κ1) is 15.4. The third-order valence-corrected chi connectivity index (χ3v) is 6.36. The SMILES string of the molecule is Cc1sc(C(=O)O)cc1S(=O)(=O)NC1CCCC1CO. The molecule has 2 atom stereocenters. The van der Waals surface area contributed by atoms with Gasteiger partial charge >= 0.3 is 5.97 Å². The van der Waals surface area contributed by atoms with Crippen molar-refractivity contribution >= 4 is 27.3 Å². The first-order valence-electron chi connectivity index (χ1n) is 6.32. The Kier molecular flexibility index (Phi) is 4.48. The van der Waals surface area contributed by atoms with Gasteiger partial charge in [-0.15, -0.1) is 11.3 Å². The fourth-order valence-electron chi connectivity index (χ4n) is 2.51. The number of hydrogen-bond donors (Lipinski definition) is 3. The van der Waals surface area contributed by atoms with Gasteiger partial charge in [-0.25, -0.2) is 17.9 Å². The average Bonchev–Trinajstić information content (AvgIpc) is 2.95. The number of aromatic carboxylic acids is 1. The maximum Gasteiger partial charge on any atom is 0.345 e. The van der Waals surface area contributed by atoms with E-state index < -0.39 is 16.0 Å². The molecular weight excluding hydrogens is 302 g/mol. The maximum absolute atomic E-state index is 12.3. The van der Waals surface area contributed by atoms with E-state index in [0.717, 1.165) is 24.2 Å². The molecule has 0 radical (unpaired) electrons. The Balaban J connectivity index is 2.24. The average molecular weight is 319 g/mol. The van der Waals surface area contributed by atoms with Crippen LogP contribution in [0, 0.1) is 12.8 Å². The third kappa shape index (κ3) is 3.03. The number of carbonyl (C=O) groups is 1. The van der Waals surface area contributed by atoms with Gasteiger partial charge < -0.3 is 10.2 Å². The molecule has 112 valence electrons. The van der Waals surface area contributed by atoms with Gasteiger partial charge in [-0.2, -0.15) is 0 Å². The van der Waals surface area contributed by atoms with Crippen LogP contribution in [0.5, 0.6) is 0 Å². The fourth-order valence-corrected chi connectivity index (χ4v) is 5.28. The minimum Gasteiger partial charge on any atom is -0.477 e. The number of aliphatic hydroxyl groups is 1. The van der Waals surface area contributed by atoms with Gasteiger partial charge in [-0.3, -0.25) is 0 Å². The molecule has 0 aliphatic heterocycles. The first-order chi connectivity index (χ1) is 9.35. The van der Waals surface area contributed by atoms with Gasteiger partial charge in [-0.1, -0.05) is 6.42 Å². The lowest BCUT2D eigenvalue weighted by Crippen LogP contribution is -2.38. The number of nitrogens with one attached hydrogen (secondary N) is 1. The highest BCUT2D eigenvalue weighted by atomic mass is 32.2. The number of carboxylic acid groups (broad SMARTS) is 1. The van der Waals surface area contributed by atoms with Crippen molar-refractivity contribution < 1.29 is 23.4 Å². The Morgan fingerprint density at radius 2 is 2.20 bits per heavy atom. The monoisotopic (exact) mass is 319 g/mol. The second-order valence-corrected chi connectivity index (χ2v) is 7.88. The van der Waals surface area contributed by atoms with E-state index in [9.17, 15) is 18.3 Å². The molecule has 20 heavy (non-hydrogen) atoms. The first-order valence-corrected chi connectivity index (χ1v) is 8.62. The number of hydrogen-bond acceptors (Lipinski definition) is 5. The summed E-state index contributed by atoms with van der Waals surface area (Å²) in [6.07, 6.45) is 2.37. The van der Waals surface area contributed by atoms with Crippen molar-refractivity contribution in [1.82, 2.24) is 4.72 Å². The van der Waals surface area contributed by atoms with E-state index in [1.165, 1.54) is 6.07 Å². The Labute approximate surface area is 121 Å². The van der Waals surface area contributed by atoms with Gasteiger partial charge in [0.15, 0.2) is 0 Å². The molecule has 1 aliphatic carbocycles. The highest BCUT2D eigenvalue weighted by Crippen LogP contribution is 2.29. The van der Waals surface area contributed by atoms with E-state index in [1.54, 1.807) is 6.92 Å². The molecule has 1 aromatic rings. The molecule has 1 fully saturated rings. The van der Waals surface area contributed by atoms with Gasteiger partial charge in [0.1, 0.15) is 4.88 Å². The van der Waals surface area contributed by atoms with E-state index in [4.69, 9.17) is 5.11 Å². The van der Waals surface area contributed by atoms with Crippen molar-refractivity contribution in [1.29, 1.82) is 0 Å². The summed E-state index contributed by atoms with van der Waals surface area (Å²) in [4.78, 5) is 11.4. The van der Waals surface area contributed by atoms with Gasteiger partial charge in [0.2, 0.25) is 10.0 Å². The number of sulfonamides is 1. The lowest BCUT2D eigenvalue weighted by Gasteiger charge is -2.18. The van der Waals surface area contributed by atoms with Crippen LogP contribution in [0.1, 0.15) is 33.8 Å². The lowest BCUT2D eigenvalue weighted by atomic mass is 10.1. The minimum atomic E-state index is -3.74. The van der Waals surface area contributed by atoms with Crippen molar-refractivity contribution in [2.24, 2.45) is 5.92 Å². The molecule has 2 unspecified atom stereocenters. The van der Waals surface area contributed by atoms with Crippen LogP contribution in [-0.4, -0.2) is 37.2 Å². The predicted octanol–water partition coefficient (Wildman–Crippen LogP) is 1.19. The molecule has 1 aromatic heterocycles. The van der Waals surface area contributed by atoms with Gasteiger partial charge in [0.05, 0.1) is 4.90 Å². The van der Waals surface area contributed by atoms with E-state index in [0.29, 0.717) is 11.3 Å². The van der Waals surface area contributed by atoms with Gasteiger partial charge in [0, 0.05) is 17.5 Å². The van der Waals surface area contributed by atoms with Crippen LogP contribution in [0.3, 0.4) is 0 Å². The Hall–Kier alpha value is -0.960. The van der Waals surface area contributed by atoms with Crippen molar-refractivity contribution in [2.45, 2.75) is 37.1 Å². The Bertz CT molecular complexity index is 607. The van der Waals surface area contributed by atoms with Crippen molar-refractivity contribution in [3.63, 3.8) is 0 Å². The maximum atomic E-state index is 12.3. The Morgan fingerprint density at radius 3 is 2.75 bits per heavy atom. The zero-order valence-electron chi connectivity index (χ0n) is 11.0. The van der Waals surface area contributed by atoms with Crippen molar-refractivity contribution in [3.8, 4) is 0 Å². The summed E-state index contributed by atoms with van der Waals surface area (Å²) in [7, 11) is -3.74. The molecule has 0 saturated heterocycles. The normalized spacial score (nSPS) is 23.1. The zero-order chi connectivity index (χ0) is 14.9. The number of rotatable bonds is 5. The predicted molar refractivity (Wildman–Crippen MR) is 74.6 cm³/mol. The minimum absolute atomic E-state index is 0.00741. The molecule has 2 rings (SSSR count). The third-order valence-electron chi connectivity index (χ3n) is 3.57. The smallest absolute Gasteiger partial charge is 0.345 e. The van der Waals surface area contributed by atoms with E-state index in [-0.39, 0.29) is 28.3 Å². The largest absolute Gasteiger partial charge is 0.477 e. The molecular formula is C12H17NO5S2. The van der Waals surface area contributed by atoms with Crippen molar-refractivity contribution in [3.05, 3.63) is 15.8 Å². The summed E-state index contributed by atoms with van der Waals surface area (Å²) >= 11 is 0.946. The fraction of sp³-hybridized carbons (Fsp3) is 0.583. The van der Waals surface area contributed by atoms with Gasteiger partial charge in [-0.05, 0) is 31.7 Å². The molecule has 3 N–H and O–H groups in total. The molecule has 6 nitrogen and oxygen atoms in total. The highest BCUT2D eigenvalue weighted by molar-refractivity contribution is 7.89. The summed E-state index contributed by atoms with van der Waals surface area (Å²) in [6.45, 7) is 1.54. The van der Waals surface area contributed by atoms with Crippen LogP contribution in [0.15, 0.2) is 11.0 Å². The molecule has 1 aliphatic rings. The summed E-state index contributed by atoms with van der Waals surface area (Å²) < 4.78 is 27.2. The molecule has 0 bridgehead atoms. The topological polar surface area (TPSA) is 104 Å². The van der Waals surface area contributed by atoms with Gasteiger partial charge in [0.25, 0.3) is 0 Å². The molecule has 8 heteroatoms. The summed E-state index contributed by atoms with van der Waals surface area (Å²) in [5, 5.41) is 18.1. The Morgan fingerprint density at radius 1 is 1.50 bits per heavy atom. The van der Waals surface area contributed by atoms with Crippen LogP contribution < -0.4 is 4.72 Å². The number of aliphatic hydroxyl groups excluding tert-OH is 1.